The highest BCUT2D eigenvalue weighted by atomic mass is 16.6. The first kappa shape index (κ1) is 10.9. The highest BCUT2D eigenvalue weighted by Gasteiger charge is 2.21. The van der Waals surface area contributed by atoms with Gasteiger partial charge in [-0.2, -0.15) is 0 Å². The number of pyridine rings is 1. The van der Waals surface area contributed by atoms with Crippen molar-refractivity contribution >= 4 is 17.8 Å². The number of anilines is 1. The van der Waals surface area contributed by atoms with Crippen LogP contribution in [0.4, 0.5) is 10.6 Å². The predicted molar refractivity (Wildman–Crippen MR) is 48.7 cm³/mol. The minimum Gasteiger partial charge on any atom is -0.463 e. The van der Waals surface area contributed by atoms with Gasteiger partial charge in [0.05, 0.1) is 5.56 Å². The second-order valence-electron chi connectivity index (χ2n) is 2.56. The van der Waals surface area contributed by atoms with Crippen molar-refractivity contribution in [1.29, 1.82) is 0 Å². The van der Waals surface area contributed by atoms with E-state index in [0.29, 0.717) is 5.82 Å². The van der Waals surface area contributed by atoms with Crippen molar-refractivity contribution < 1.29 is 19.9 Å². The molecule has 1 aromatic heterocycles. The third-order valence-corrected chi connectivity index (χ3v) is 1.62. The van der Waals surface area contributed by atoms with Crippen LogP contribution in [0, 0.1) is 0 Å². The van der Waals surface area contributed by atoms with Gasteiger partial charge in [-0.1, -0.05) is 10.3 Å². The van der Waals surface area contributed by atoms with Crippen molar-refractivity contribution in [3.8, 4) is 0 Å². The summed E-state index contributed by atoms with van der Waals surface area (Å²) < 4.78 is 0. The molecule has 0 aliphatic rings. The lowest BCUT2D eigenvalue weighted by Crippen LogP contribution is -2.31. The van der Waals surface area contributed by atoms with Crippen LogP contribution in [0.3, 0.4) is 0 Å². The Labute approximate surface area is 84.9 Å². The van der Waals surface area contributed by atoms with E-state index in [1.54, 1.807) is 7.05 Å². The van der Waals surface area contributed by atoms with E-state index in [2.05, 4.69) is 10.3 Å². The molecule has 1 rings (SSSR count). The van der Waals surface area contributed by atoms with Crippen molar-refractivity contribution in [2.45, 2.75) is 0 Å². The predicted octanol–water partition coefficient (Wildman–Crippen LogP) is 0.589. The Morgan fingerprint density at radius 3 is 2.53 bits per heavy atom. The molecule has 1 aromatic rings. The number of imide groups is 1. The van der Waals surface area contributed by atoms with Gasteiger partial charge in [-0.3, -0.25) is 4.79 Å². The molecular weight excluding hydrogens is 202 g/mol. The van der Waals surface area contributed by atoms with Gasteiger partial charge in [-0.05, 0) is 12.1 Å². The summed E-state index contributed by atoms with van der Waals surface area (Å²) in [7, 11) is 1.64. The molecule has 0 aromatic carbocycles. The number of hydroxylamine groups is 2. The molecule has 1 radical (unpaired) electrons. The number of carbonyl (C=O) groups excluding carboxylic acids is 1. The summed E-state index contributed by atoms with van der Waals surface area (Å²) >= 11 is 0. The van der Waals surface area contributed by atoms with E-state index >= 15 is 0 Å². The molecule has 2 amide bonds. The molecule has 0 saturated heterocycles. The monoisotopic (exact) mass is 210 g/mol. The molecule has 0 unspecified atom stereocenters. The molecule has 1 heterocycles. The van der Waals surface area contributed by atoms with Gasteiger partial charge in [-0.25, -0.2) is 9.78 Å². The molecule has 0 bridgehead atoms. The summed E-state index contributed by atoms with van der Waals surface area (Å²) in [5.74, 6) is -0.642. The van der Waals surface area contributed by atoms with Gasteiger partial charge < -0.3 is 10.4 Å². The zero-order valence-corrected chi connectivity index (χ0v) is 7.80. The van der Waals surface area contributed by atoms with E-state index in [0.717, 1.165) is 6.20 Å². The first-order valence-electron chi connectivity index (χ1n) is 3.94. The number of hydrogen-bond acceptors (Lipinski definition) is 4. The van der Waals surface area contributed by atoms with Crippen molar-refractivity contribution in [3.63, 3.8) is 0 Å². The number of nitrogens with zero attached hydrogens (tertiary/aromatic N) is 2. The Kier molecular flexibility index (Phi) is 3.19. The van der Waals surface area contributed by atoms with Crippen LogP contribution in [0.25, 0.3) is 0 Å². The van der Waals surface area contributed by atoms with Crippen molar-refractivity contribution in [3.05, 3.63) is 23.9 Å². The maximum atomic E-state index is 11.2. The summed E-state index contributed by atoms with van der Waals surface area (Å²) in [6, 6.07) is 2.78. The quantitative estimate of drug-likeness (QED) is 0.695. The smallest absolute Gasteiger partial charge is 0.441 e. The van der Waals surface area contributed by atoms with Gasteiger partial charge in [0.1, 0.15) is 5.82 Å². The molecule has 0 aliphatic carbocycles. The molecule has 79 valence electrons. The number of nitrogens with one attached hydrogen (secondary N) is 1. The summed E-state index contributed by atoms with van der Waals surface area (Å²) in [6.45, 7) is 0. The number of carbonyl (C=O) groups is 2. The van der Waals surface area contributed by atoms with E-state index in [9.17, 15) is 14.8 Å². The van der Waals surface area contributed by atoms with Crippen LogP contribution in [0.2, 0.25) is 0 Å². The first-order valence-corrected chi connectivity index (χ1v) is 3.94. The highest BCUT2D eigenvalue weighted by molar-refractivity contribution is 6.01. The number of amides is 2. The fourth-order valence-corrected chi connectivity index (χ4v) is 0.872. The van der Waals surface area contributed by atoms with Crippen LogP contribution in [-0.4, -0.2) is 34.2 Å². The molecule has 0 atom stereocenters. The Bertz CT molecular complexity index is 376. The van der Waals surface area contributed by atoms with Crippen LogP contribution in [0.1, 0.15) is 10.4 Å². The fourth-order valence-electron chi connectivity index (χ4n) is 0.872. The van der Waals surface area contributed by atoms with E-state index in [4.69, 9.17) is 5.11 Å². The number of aromatic nitrogens is 1. The van der Waals surface area contributed by atoms with Crippen LogP contribution >= 0.6 is 0 Å². The standard InChI is InChI=1S/C8H8N3O4/c1-9-6-3-2-5(4-10-6)7(12)11(15)8(13)14/h2-4H,1H3,(H,9,10)(H,13,14). The molecule has 0 aliphatic heterocycles. The molecule has 2 N–H and O–H groups in total. The van der Waals surface area contributed by atoms with E-state index < -0.39 is 17.1 Å². The van der Waals surface area contributed by atoms with Gasteiger partial charge >= 0.3 is 6.09 Å². The van der Waals surface area contributed by atoms with Gasteiger partial charge in [-0.15, -0.1) is 0 Å². The average Bonchev–Trinajstić information content (AvgIpc) is 2.27. The highest BCUT2D eigenvalue weighted by Crippen LogP contribution is 2.06. The van der Waals surface area contributed by atoms with E-state index in [1.165, 1.54) is 12.1 Å². The van der Waals surface area contributed by atoms with Crippen LogP contribution in [0.15, 0.2) is 18.3 Å². The lowest BCUT2D eigenvalue weighted by Gasteiger charge is -2.06. The minimum atomic E-state index is -1.85. The molecule has 0 spiro atoms. The fraction of sp³-hybridized carbons (Fsp3) is 0.125. The average molecular weight is 210 g/mol. The van der Waals surface area contributed by atoms with Crippen molar-refractivity contribution in [2.75, 3.05) is 12.4 Å². The summed E-state index contributed by atoms with van der Waals surface area (Å²) in [5.41, 5.74) is -0.0774. The summed E-state index contributed by atoms with van der Waals surface area (Å²) in [5, 5.41) is 21.1. The Morgan fingerprint density at radius 2 is 2.13 bits per heavy atom. The largest absolute Gasteiger partial charge is 0.463 e. The van der Waals surface area contributed by atoms with Gasteiger partial charge in [0.25, 0.3) is 5.91 Å². The summed E-state index contributed by atoms with van der Waals surface area (Å²) in [4.78, 5) is 25.1. The lowest BCUT2D eigenvalue weighted by molar-refractivity contribution is -0.0926. The van der Waals surface area contributed by atoms with Crippen molar-refractivity contribution in [1.82, 2.24) is 10.0 Å². The van der Waals surface area contributed by atoms with Gasteiger partial charge in [0.15, 0.2) is 0 Å². The van der Waals surface area contributed by atoms with Gasteiger partial charge in [0.2, 0.25) is 0 Å². The topological polar surface area (TPSA) is 102 Å². The maximum absolute atomic E-state index is 11.2. The van der Waals surface area contributed by atoms with Crippen LogP contribution in [0.5, 0.6) is 0 Å². The molecule has 7 nitrogen and oxygen atoms in total. The summed E-state index contributed by atoms with van der Waals surface area (Å²) in [6.07, 6.45) is -0.722. The molecule has 15 heavy (non-hydrogen) atoms. The van der Waals surface area contributed by atoms with Crippen LogP contribution in [-0.2, 0) is 5.21 Å². The Morgan fingerprint density at radius 1 is 1.47 bits per heavy atom. The number of hydrogen-bond donors (Lipinski definition) is 2. The third-order valence-electron chi connectivity index (χ3n) is 1.62. The molecule has 0 fully saturated rings. The zero-order chi connectivity index (χ0) is 11.4. The number of carboxylic acid groups (broad SMARTS) is 1. The third kappa shape index (κ3) is 2.41. The minimum absolute atomic E-state index is 0.0774. The molecule has 7 heteroatoms. The SMILES string of the molecule is CNc1ccc(C(=O)N([O])C(=O)O)cn1. The lowest BCUT2D eigenvalue weighted by atomic mass is 10.2. The molecular formula is C8H8N3O4. The Balaban J connectivity index is 2.87. The van der Waals surface area contributed by atoms with Gasteiger partial charge in [0, 0.05) is 13.2 Å². The normalized spacial score (nSPS) is 9.47. The first-order chi connectivity index (χ1) is 7.06. The van der Waals surface area contributed by atoms with E-state index in [1.807, 2.05) is 0 Å². The van der Waals surface area contributed by atoms with E-state index in [-0.39, 0.29) is 5.56 Å². The second kappa shape index (κ2) is 4.38. The molecule has 0 saturated carbocycles. The van der Waals surface area contributed by atoms with Crippen molar-refractivity contribution in [2.24, 2.45) is 0 Å². The second-order valence-corrected chi connectivity index (χ2v) is 2.56. The van der Waals surface area contributed by atoms with Crippen LogP contribution < -0.4 is 5.32 Å². The number of rotatable bonds is 2. The zero-order valence-electron chi connectivity index (χ0n) is 7.80. The maximum Gasteiger partial charge on any atom is 0.441 e. The Hall–Kier alpha value is -2.15.